The number of nitrogens with zero attached hydrogens (tertiary/aromatic N) is 2. The Morgan fingerprint density at radius 1 is 1.38 bits per heavy atom. The second kappa shape index (κ2) is 3.78. The molecule has 1 saturated heterocycles. The molecule has 1 aliphatic heterocycles. The SMILES string of the molecule is N#CC1(C(=O)N2CCCCC2C(N)=O)CC1. The number of hydrogen-bond donors (Lipinski definition) is 1. The van der Waals surface area contributed by atoms with E-state index in [2.05, 4.69) is 6.07 Å². The predicted molar refractivity (Wildman–Crippen MR) is 55.8 cm³/mol. The summed E-state index contributed by atoms with van der Waals surface area (Å²) in [5, 5.41) is 8.97. The molecular weight excluding hydrogens is 206 g/mol. The first kappa shape index (κ1) is 10.9. The van der Waals surface area contributed by atoms with Crippen LogP contribution < -0.4 is 5.73 Å². The maximum absolute atomic E-state index is 12.1. The van der Waals surface area contributed by atoms with Crippen LogP contribution in [-0.2, 0) is 9.59 Å². The second-order valence-electron chi connectivity index (χ2n) is 4.61. The van der Waals surface area contributed by atoms with Crippen molar-refractivity contribution in [3.05, 3.63) is 0 Å². The summed E-state index contributed by atoms with van der Waals surface area (Å²) in [7, 11) is 0. The Bertz CT molecular complexity index is 368. The number of nitriles is 1. The normalized spacial score (nSPS) is 26.9. The number of hydrogen-bond acceptors (Lipinski definition) is 3. The quantitative estimate of drug-likeness (QED) is 0.720. The standard InChI is InChI=1S/C11H15N3O2/c12-7-11(4-5-11)10(16)14-6-2-1-3-8(14)9(13)15/h8H,1-6H2,(H2,13,15). The minimum absolute atomic E-state index is 0.196. The molecule has 2 fully saturated rings. The molecule has 1 heterocycles. The zero-order chi connectivity index (χ0) is 11.8. The van der Waals surface area contributed by atoms with Crippen molar-refractivity contribution in [1.29, 1.82) is 5.26 Å². The van der Waals surface area contributed by atoms with Gasteiger partial charge in [0.2, 0.25) is 11.8 Å². The molecule has 2 rings (SSSR count). The first-order valence-electron chi connectivity index (χ1n) is 5.62. The summed E-state index contributed by atoms with van der Waals surface area (Å²) in [5.41, 5.74) is 4.44. The lowest BCUT2D eigenvalue weighted by Crippen LogP contribution is -2.52. The molecule has 2 amide bonds. The molecule has 0 bridgehead atoms. The van der Waals surface area contributed by atoms with Crippen molar-refractivity contribution < 1.29 is 9.59 Å². The maximum atomic E-state index is 12.1. The van der Waals surface area contributed by atoms with Crippen LogP contribution in [0.1, 0.15) is 32.1 Å². The number of carbonyl (C=O) groups is 2. The van der Waals surface area contributed by atoms with E-state index < -0.39 is 17.4 Å². The number of carbonyl (C=O) groups excluding carboxylic acids is 2. The summed E-state index contributed by atoms with van der Waals surface area (Å²) < 4.78 is 0. The minimum Gasteiger partial charge on any atom is -0.368 e. The number of piperidine rings is 1. The molecule has 1 unspecified atom stereocenters. The van der Waals surface area contributed by atoms with E-state index in [1.165, 1.54) is 4.90 Å². The average molecular weight is 221 g/mol. The number of likely N-dealkylation sites (tertiary alicyclic amines) is 1. The third-order valence-corrected chi connectivity index (χ3v) is 3.47. The lowest BCUT2D eigenvalue weighted by molar-refractivity contribution is -0.144. The first-order valence-corrected chi connectivity index (χ1v) is 5.62. The summed E-state index contributed by atoms with van der Waals surface area (Å²) in [4.78, 5) is 24.9. The van der Waals surface area contributed by atoms with Crippen molar-refractivity contribution in [1.82, 2.24) is 4.90 Å². The van der Waals surface area contributed by atoms with E-state index in [-0.39, 0.29) is 5.91 Å². The Balaban J connectivity index is 2.15. The Labute approximate surface area is 94.2 Å². The highest BCUT2D eigenvalue weighted by Gasteiger charge is 2.54. The molecule has 1 aliphatic carbocycles. The number of primary amides is 1. The van der Waals surface area contributed by atoms with Crippen molar-refractivity contribution in [3.8, 4) is 6.07 Å². The van der Waals surface area contributed by atoms with E-state index in [4.69, 9.17) is 11.0 Å². The summed E-state index contributed by atoms with van der Waals surface area (Å²) >= 11 is 0. The number of amides is 2. The van der Waals surface area contributed by atoms with Crippen LogP contribution >= 0.6 is 0 Å². The summed E-state index contributed by atoms with van der Waals surface area (Å²) in [6, 6.07) is 1.56. The number of rotatable bonds is 2. The largest absolute Gasteiger partial charge is 0.368 e. The summed E-state index contributed by atoms with van der Waals surface area (Å²) in [5.74, 6) is -0.653. The predicted octanol–water partition coefficient (Wildman–Crippen LogP) is 0.157. The van der Waals surface area contributed by atoms with Gasteiger partial charge in [0.25, 0.3) is 0 Å². The van der Waals surface area contributed by atoms with Gasteiger partial charge in [-0.1, -0.05) is 0 Å². The summed E-state index contributed by atoms with van der Waals surface area (Å²) in [6.07, 6.45) is 3.66. The van der Waals surface area contributed by atoms with Crippen molar-refractivity contribution in [2.75, 3.05) is 6.54 Å². The monoisotopic (exact) mass is 221 g/mol. The molecule has 2 N–H and O–H groups in total. The van der Waals surface area contributed by atoms with Gasteiger partial charge in [-0.3, -0.25) is 9.59 Å². The highest BCUT2D eigenvalue weighted by atomic mass is 16.2. The number of nitrogens with two attached hydrogens (primary N) is 1. The fraction of sp³-hybridized carbons (Fsp3) is 0.727. The van der Waals surface area contributed by atoms with E-state index in [1.807, 2.05) is 0 Å². The zero-order valence-electron chi connectivity index (χ0n) is 9.11. The van der Waals surface area contributed by atoms with Gasteiger partial charge in [0, 0.05) is 6.54 Å². The third kappa shape index (κ3) is 1.64. The molecule has 1 atom stereocenters. The van der Waals surface area contributed by atoms with Gasteiger partial charge in [-0.2, -0.15) is 5.26 Å². The maximum Gasteiger partial charge on any atom is 0.243 e. The first-order chi connectivity index (χ1) is 7.60. The van der Waals surface area contributed by atoms with Gasteiger partial charge < -0.3 is 10.6 Å². The van der Waals surface area contributed by atoms with Crippen LogP contribution in [-0.4, -0.2) is 29.3 Å². The molecule has 5 heteroatoms. The molecule has 0 aromatic carbocycles. The second-order valence-corrected chi connectivity index (χ2v) is 4.61. The van der Waals surface area contributed by atoms with Gasteiger partial charge >= 0.3 is 0 Å². The van der Waals surface area contributed by atoms with Crippen LogP contribution in [0.2, 0.25) is 0 Å². The van der Waals surface area contributed by atoms with Gasteiger partial charge in [-0.15, -0.1) is 0 Å². The Morgan fingerprint density at radius 3 is 2.56 bits per heavy atom. The molecule has 0 aromatic rings. The Morgan fingerprint density at radius 2 is 2.06 bits per heavy atom. The van der Waals surface area contributed by atoms with E-state index in [1.54, 1.807) is 0 Å². The topological polar surface area (TPSA) is 87.2 Å². The molecule has 1 saturated carbocycles. The molecule has 2 aliphatic rings. The van der Waals surface area contributed by atoms with Crippen molar-refractivity contribution >= 4 is 11.8 Å². The van der Waals surface area contributed by atoms with Crippen LogP contribution in [0.5, 0.6) is 0 Å². The molecule has 0 spiro atoms. The van der Waals surface area contributed by atoms with Gasteiger partial charge in [-0.25, -0.2) is 0 Å². The lowest BCUT2D eigenvalue weighted by atomic mass is 9.98. The van der Waals surface area contributed by atoms with Gasteiger partial charge in [0.15, 0.2) is 0 Å². The smallest absolute Gasteiger partial charge is 0.243 e. The summed E-state index contributed by atoms with van der Waals surface area (Å²) in [6.45, 7) is 0.551. The Hall–Kier alpha value is -1.57. The molecular formula is C11H15N3O2. The van der Waals surface area contributed by atoms with Gasteiger partial charge in [0.05, 0.1) is 6.07 Å². The van der Waals surface area contributed by atoms with Crippen LogP contribution in [0.3, 0.4) is 0 Å². The fourth-order valence-electron chi connectivity index (χ4n) is 2.24. The molecule has 0 aromatic heterocycles. The molecule has 5 nitrogen and oxygen atoms in total. The lowest BCUT2D eigenvalue weighted by Gasteiger charge is -2.34. The highest BCUT2D eigenvalue weighted by molar-refractivity contribution is 5.92. The van der Waals surface area contributed by atoms with Gasteiger partial charge in [0.1, 0.15) is 11.5 Å². The van der Waals surface area contributed by atoms with Crippen LogP contribution in [0.25, 0.3) is 0 Å². The highest BCUT2D eigenvalue weighted by Crippen LogP contribution is 2.47. The van der Waals surface area contributed by atoms with E-state index in [9.17, 15) is 9.59 Å². The average Bonchev–Trinajstić information content (AvgIpc) is 3.09. The Kier molecular flexibility index (Phi) is 2.58. The fourth-order valence-corrected chi connectivity index (χ4v) is 2.24. The zero-order valence-corrected chi connectivity index (χ0v) is 9.11. The third-order valence-electron chi connectivity index (χ3n) is 3.47. The molecule has 16 heavy (non-hydrogen) atoms. The van der Waals surface area contributed by atoms with Crippen LogP contribution in [0.4, 0.5) is 0 Å². The van der Waals surface area contributed by atoms with Gasteiger partial charge in [-0.05, 0) is 32.1 Å². The van der Waals surface area contributed by atoms with E-state index in [0.29, 0.717) is 25.8 Å². The van der Waals surface area contributed by atoms with Crippen LogP contribution in [0.15, 0.2) is 0 Å². The van der Waals surface area contributed by atoms with Crippen molar-refractivity contribution in [2.45, 2.75) is 38.1 Å². The molecule has 0 radical (unpaired) electrons. The van der Waals surface area contributed by atoms with E-state index >= 15 is 0 Å². The van der Waals surface area contributed by atoms with E-state index in [0.717, 1.165) is 12.8 Å². The minimum atomic E-state index is -0.842. The molecule has 86 valence electrons. The van der Waals surface area contributed by atoms with Crippen LogP contribution in [0, 0.1) is 16.7 Å². The van der Waals surface area contributed by atoms with Crippen molar-refractivity contribution in [3.63, 3.8) is 0 Å². The van der Waals surface area contributed by atoms with Crippen molar-refractivity contribution in [2.24, 2.45) is 11.1 Å².